The molecule has 0 spiro atoms. The highest BCUT2D eigenvalue weighted by Crippen LogP contribution is 2.19. The molecular formula is C10H12INO3. The van der Waals surface area contributed by atoms with Crippen molar-refractivity contribution in [1.29, 1.82) is 0 Å². The zero-order chi connectivity index (χ0) is 11.4. The van der Waals surface area contributed by atoms with Gasteiger partial charge in [-0.05, 0) is 52.8 Å². The Bertz CT molecular complexity index is 368. The van der Waals surface area contributed by atoms with Gasteiger partial charge in [0.1, 0.15) is 11.8 Å². The van der Waals surface area contributed by atoms with Crippen molar-refractivity contribution in [2.24, 2.45) is 5.73 Å². The Morgan fingerprint density at radius 3 is 2.80 bits per heavy atom. The second kappa shape index (κ2) is 5.32. The van der Waals surface area contributed by atoms with Crippen LogP contribution in [-0.4, -0.2) is 24.2 Å². The van der Waals surface area contributed by atoms with Crippen molar-refractivity contribution in [2.75, 3.05) is 7.11 Å². The summed E-state index contributed by atoms with van der Waals surface area (Å²) in [6, 6.07) is 4.70. The van der Waals surface area contributed by atoms with Crippen molar-refractivity contribution in [2.45, 2.75) is 12.5 Å². The molecule has 0 saturated carbocycles. The Balaban J connectivity index is 2.85. The zero-order valence-electron chi connectivity index (χ0n) is 8.24. The maximum absolute atomic E-state index is 10.6. The summed E-state index contributed by atoms with van der Waals surface area (Å²) in [6.45, 7) is 0. The Hall–Kier alpha value is -0.820. The van der Waals surface area contributed by atoms with Crippen molar-refractivity contribution in [1.82, 2.24) is 0 Å². The van der Waals surface area contributed by atoms with Gasteiger partial charge in [-0.25, -0.2) is 0 Å². The first-order valence-corrected chi connectivity index (χ1v) is 5.42. The number of carbonyl (C=O) groups is 1. The second-order valence-electron chi connectivity index (χ2n) is 3.15. The second-order valence-corrected chi connectivity index (χ2v) is 4.39. The maximum Gasteiger partial charge on any atom is 0.320 e. The highest BCUT2D eigenvalue weighted by Gasteiger charge is 2.12. The van der Waals surface area contributed by atoms with E-state index in [4.69, 9.17) is 15.6 Å². The van der Waals surface area contributed by atoms with Crippen molar-refractivity contribution < 1.29 is 14.6 Å². The molecule has 3 N–H and O–H groups in total. The van der Waals surface area contributed by atoms with Crippen LogP contribution in [0.5, 0.6) is 5.75 Å². The van der Waals surface area contributed by atoms with Gasteiger partial charge < -0.3 is 15.6 Å². The minimum atomic E-state index is -0.993. The maximum atomic E-state index is 10.6. The fourth-order valence-corrected chi connectivity index (χ4v) is 1.90. The zero-order valence-corrected chi connectivity index (χ0v) is 10.4. The number of halogens is 1. The number of aliphatic carboxylic acids is 1. The summed E-state index contributed by atoms with van der Waals surface area (Å²) < 4.78 is 6.08. The van der Waals surface area contributed by atoms with Gasteiger partial charge in [0.15, 0.2) is 0 Å². The molecule has 5 heteroatoms. The average Bonchev–Trinajstić information content (AvgIpc) is 2.16. The van der Waals surface area contributed by atoms with Gasteiger partial charge in [-0.1, -0.05) is 0 Å². The number of nitrogens with two attached hydrogens (primary N) is 1. The summed E-state index contributed by atoms with van der Waals surface area (Å²) in [5.74, 6) is -0.276. The fourth-order valence-electron chi connectivity index (χ4n) is 1.20. The van der Waals surface area contributed by atoms with Crippen LogP contribution in [0.15, 0.2) is 18.2 Å². The highest BCUT2D eigenvalue weighted by molar-refractivity contribution is 14.1. The monoisotopic (exact) mass is 321 g/mol. The minimum Gasteiger partial charge on any atom is -0.497 e. The van der Waals surface area contributed by atoms with E-state index in [1.807, 2.05) is 12.1 Å². The van der Waals surface area contributed by atoms with Crippen molar-refractivity contribution in [3.8, 4) is 5.75 Å². The molecule has 0 saturated heterocycles. The fraction of sp³-hybridized carbons (Fsp3) is 0.300. The lowest BCUT2D eigenvalue weighted by Crippen LogP contribution is -2.32. The first-order chi connectivity index (χ1) is 7.02. The number of carboxylic acids is 1. The predicted octanol–water partition coefficient (Wildman–Crippen LogP) is 1.25. The topological polar surface area (TPSA) is 72.5 Å². The van der Waals surface area contributed by atoms with E-state index in [2.05, 4.69) is 22.6 Å². The lowest BCUT2D eigenvalue weighted by Gasteiger charge is -2.08. The van der Waals surface area contributed by atoms with Crippen LogP contribution in [0.2, 0.25) is 0 Å². The van der Waals surface area contributed by atoms with Gasteiger partial charge in [0, 0.05) is 3.57 Å². The van der Waals surface area contributed by atoms with E-state index in [1.54, 1.807) is 13.2 Å². The molecule has 0 aliphatic carbocycles. The molecular weight excluding hydrogens is 309 g/mol. The van der Waals surface area contributed by atoms with Crippen LogP contribution in [-0.2, 0) is 11.2 Å². The van der Waals surface area contributed by atoms with Crippen LogP contribution in [0, 0.1) is 3.57 Å². The summed E-state index contributed by atoms with van der Waals surface area (Å²) >= 11 is 2.15. The normalized spacial score (nSPS) is 12.2. The number of methoxy groups -OCH3 is 1. The van der Waals surface area contributed by atoms with E-state index in [-0.39, 0.29) is 0 Å². The van der Waals surface area contributed by atoms with Crippen LogP contribution in [0.3, 0.4) is 0 Å². The van der Waals surface area contributed by atoms with Crippen molar-refractivity contribution in [3.63, 3.8) is 0 Å². The van der Waals surface area contributed by atoms with E-state index in [9.17, 15) is 4.79 Å². The predicted molar refractivity (Wildman–Crippen MR) is 65.0 cm³/mol. The quantitative estimate of drug-likeness (QED) is 0.819. The smallest absolute Gasteiger partial charge is 0.320 e. The lowest BCUT2D eigenvalue weighted by atomic mass is 10.1. The molecule has 1 rings (SSSR count). The van der Waals surface area contributed by atoms with E-state index in [1.165, 1.54) is 0 Å². The summed E-state index contributed by atoms with van der Waals surface area (Å²) in [5, 5.41) is 8.68. The molecule has 0 heterocycles. The van der Waals surface area contributed by atoms with Crippen LogP contribution in [0.1, 0.15) is 5.56 Å². The molecule has 0 amide bonds. The Morgan fingerprint density at radius 2 is 2.27 bits per heavy atom. The minimum absolute atomic E-state index is 0.308. The third-order valence-corrected chi connectivity index (χ3v) is 2.56. The molecule has 1 atom stereocenters. The first kappa shape index (κ1) is 12.3. The molecule has 0 aliphatic heterocycles. The molecule has 82 valence electrons. The standard InChI is InChI=1S/C10H12INO3/c1-15-8-3-6(2-7(11)5-8)4-9(12)10(13)14/h2-3,5,9H,4,12H2,1H3,(H,13,14)/t9-/m0/s1. The average molecular weight is 321 g/mol. The van der Waals surface area contributed by atoms with Crippen molar-refractivity contribution >= 4 is 28.6 Å². The number of hydrogen-bond donors (Lipinski definition) is 2. The summed E-state index contributed by atoms with van der Waals surface area (Å²) in [7, 11) is 1.58. The largest absolute Gasteiger partial charge is 0.497 e. The van der Waals surface area contributed by atoms with Gasteiger partial charge >= 0.3 is 5.97 Å². The molecule has 4 nitrogen and oxygen atoms in total. The molecule has 1 aromatic carbocycles. The van der Waals surface area contributed by atoms with E-state index >= 15 is 0 Å². The molecule has 0 unspecified atom stereocenters. The summed E-state index contributed by atoms with van der Waals surface area (Å²) in [4.78, 5) is 10.6. The van der Waals surface area contributed by atoms with E-state index in [0.29, 0.717) is 6.42 Å². The number of benzene rings is 1. The lowest BCUT2D eigenvalue weighted by molar-refractivity contribution is -0.138. The van der Waals surface area contributed by atoms with Gasteiger partial charge in [0.25, 0.3) is 0 Å². The van der Waals surface area contributed by atoms with Crippen LogP contribution < -0.4 is 10.5 Å². The van der Waals surface area contributed by atoms with E-state index in [0.717, 1.165) is 14.9 Å². The Labute approximate surface area is 102 Å². The number of rotatable bonds is 4. The van der Waals surface area contributed by atoms with Crippen molar-refractivity contribution in [3.05, 3.63) is 27.3 Å². The summed E-state index contributed by atoms with van der Waals surface area (Å²) in [5.41, 5.74) is 6.32. The van der Waals surface area contributed by atoms with Gasteiger partial charge in [-0.2, -0.15) is 0 Å². The Morgan fingerprint density at radius 1 is 1.60 bits per heavy atom. The molecule has 0 fully saturated rings. The van der Waals surface area contributed by atoms with Crippen LogP contribution in [0.25, 0.3) is 0 Å². The summed E-state index contributed by atoms with van der Waals surface area (Å²) in [6.07, 6.45) is 0.308. The van der Waals surface area contributed by atoms with Gasteiger partial charge in [0.2, 0.25) is 0 Å². The third-order valence-electron chi connectivity index (χ3n) is 1.94. The molecule has 15 heavy (non-hydrogen) atoms. The van der Waals surface area contributed by atoms with E-state index < -0.39 is 12.0 Å². The van der Waals surface area contributed by atoms with Gasteiger partial charge in [-0.3, -0.25) is 4.79 Å². The third kappa shape index (κ3) is 3.67. The number of hydrogen-bond acceptors (Lipinski definition) is 3. The molecule has 0 radical (unpaired) electrons. The first-order valence-electron chi connectivity index (χ1n) is 4.34. The number of ether oxygens (including phenoxy) is 1. The molecule has 0 aliphatic rings. The van der Waals surface area contributed by atoms with Crippen LogP contribution >= 0.6 is 22.6 Å². The molecule has 0 bridgehead atoms. The Kier molecular flexibility index (Phi) is 4.34. The van der Waals surface area contributed by atoms with Gasteiger partial charge in [0.05, 0.1) is 7.11 Å². The van der Waals surface area contributed by atoms with Gasteiger partial charge in [-0.15, -0.1) is 0 Å². The van der Waals surface area contributed by atoms with Crippen LogP contribution in [0.4, 0.5) is 0 Å². The number of carboxylic acid groups (broad SMARTS) is 1. The molecule has 0 aromatic heterocycles. The SMILES string of the molecule is COc1cc(I)cc(C[C@H](N)C(=O)O)c1. The highest BCUT2D eigenvalue weighted by atomic mass is 127. The molecule has 1 aromatic rings.